The minimum atomic E-state index is -6.21. The molecule has 71 heavy (non-hydrogen) atoms. The summed E-state index contributed by atoms with van der Waals surface area (Å²) in [7, 11) is -9.57. The molecule has 4 aromatic rings. The molecule has 0 atom stereocenters. The van der Waals surface area contributed by atoms with Crippen molar-refractivity contribution in [3.63, 3.8) is 0 Å². The third kappa shape index (κ3) is 13.2. The molecule has 0 fully saturated rings. The first-order valence-electron chi connectivity index (χ1n) is 22.4. The largest absolute Gasteiger partial charge is 0.744 e. The Morgan fingerprint density at radius 3 is 2.14 bits per heavy atom. The van der Waals surface area contributed by atoms with Gasteiger partial charge in [0.25, 0.3) is 5.91 Å². The first kappa shape index (κ1) is 54.4. The molecule has 0 saturated carbocycles. The number of carbonyl (C=O) groups is 1. The summed E-state index contributed by atoms with van der Waals surface area (Å²) in [5.41, 5.74) is -1.58. The lowest BCUT2D eigenvalue weighted by Crippen LogP contribution is -2.42. The van der Waals surface area contributed by atoms with E-state index < -0.39 is 77.8 Å². The maximum atomic E-state index is 14.3. The van der Waals surface area contributed by atoms with Gasteiger partial charge in [0.05, 0.1) is 74.8 Å². The Kier molecular flexibility index (Phi) is 18.1. The fourth-order valence-corrected chi connectivity index (χ4v) is 9.57. The number of nitrogens with one attached hydrogen (secondary N) is 2. The molecule has 1 aliphatic carbocycles. The van der Waals surface area contributed by atoms with Crippen LogP contribution in [0.1, 0.15) is 43.7 Å². The molecule has 2 N–H and O–H groups in total. The van der Waals surface area contributed by atoms with Gasteiger partial charge in [0.15, 0.2) is 0 Å². The van der Waals surface area contributed by atoms with E-state index in [4.69, 9.17) is 18.6 Å². The Morgan fingerprint density at radius 2 is 1.49 bits per heavy atom. The van der Waals surface area contributed by atoms with E-state index in [-0.39, 0.29) is 70.1 Å². The van der Waals surface area contributed by atoms with Crippen LogP contribution in [-0.4, -0.2) is 122 Å². The Labute approximate surface area is 405 Å². The van der Waals surface area contributed by atoms with Gasteiger partial charge in [-0.2, -0.15) is 0 Å². The van der Waals surface area contributed by atoms with E-state index in [0.29, 0.717) is 27.9 Å². The van der Waals surface area contributed by atoms with Gasteiger partial charge in [-0.1, -0.05) is 11.3 Å². The number of fused-ring (bicyclic) bond motifs is 2. The lowest BCUT2D eigenvalue weighted by molar-refractivity contribution is 0.0138. The van der Waals surface area contributed by atoms with Crippen LogP contribution in [0.3, 0.4) is 0 Å². The van der Waals surface area contributed by atoms with Gasteiger partial charge in [0.2, 0.25) is 15.4 Å². The molecule has 1 aliphatic heterocycles. The molecule has 26 heteroatoms. The van der Waals surface area contributed by atoms with Gasteiger partial charge in [-0.3, -0.25) is 4.79 Å². The van der Waals surface area contributed by atoms with Crippen LogP contribution in [0.4, 0.5) is 31.8 Å². The number of hydrogen-bond donors (Lipinski definition) is 2. The number of halogens is 6. The van der Waals surface area contributed by atoms with Crippen molar-refractivity contribution < 1.29 is 70.9 Å². The quantitative estimate of drug-likeness (QED) is 0.0198. The van der Waals surface area contributed by atoms with E-state index >= 15 is 0 Å². The Bertz CT molecular complexity index is 3130. The predicted octanol–water partition coefficient (Wildman–Crippen LogP) is 4.79. The maximum Gasteiger partial charge on any atom is 0.515 e. The third-order valence-electron chi connectivity index (χ3n) is 11.3. The predicted molar refractivity (Wildman–Crippen MR) is 250 cm³/mol. The van der Waals surface area contributed by atoms with Gasteiger partial charge in [0.1, 0.15) is 63.3 Å². The summed E-state index contributed by atoms with van der Waals surface area (Å²) < 4.78 is 176. The summed E-state index contributed by atoms with van der Waals surface area (Å²) in [6.07, 6.45) is 1.35. The Hall–Kier alpha value is -5.90. The van der Waals surface area contributed by atoms with E-state index in [0.717, 1.165) is 43.3 Å². The van der Waals surface area contributed by atoms with Crippen molar-refractivity contribution >= 4 is 55.1 Å². The number of anilines is 1. The van der Waals surface area contributed by atoms with Gasteiger partial charge < -0.3 is 46.3 Å². The molecular weight excluding hydrogens is 987 g/mol. The molecule has 1 aromatic heterocycles. The minimum absolute atomic E-state index is 0.0136. The average Bonchev–Trinajstić information content (AvgIpc) is 3.77. The molecule has 1 amide bonds. The molecule has 2 aliphatic rings. The van der Waals surface area contributed by atoms with Crippen LogP contribution in [0.5, 0.6) is 0 Å². The lowest BCUT2D eigenvalue weighted by atomic mass is 9.78. The summed E-state index contributed by atoms with van der Waals surface area (Å²) in [4.78, 5) is 13.3. The molecule has 3 aromatic carbocycles. The van der Waals surface area contributed by atoms with Crippen LogP contribution in [0.15, 0.2) is 81.1 Å². The zero-order valence-electron chi connectivity index (χ0n) is 39.0. The van der Waals surface area contributed by atoms with Crippen molar-refractivity contribution in [2.45, 2.75) is 50.6 Å². The van der Waals surface area contributed by atoms with E-state index in [1.807, 2.05) is 57.3 Å². The maximum absolute atomic E-state index is 14.3. The van der Waals surface area contributed by atoms with Gasteiger partial charge in [0, 0.05) is 65.6 Å². The molecule has 2 heterocycles. The number of nitrogens with zero attached hydrogens (tertiary/aromatic N) is 5. The van der Waals surface area contributed by atoms with Crippen molar-refractivity contribution in [3.8, 4) is 22.5 Å². The Morgan fingerprint density at radius 1 is 0.831 bits per heavy atom. The van der Waals surface area contributed by atoms with Gasteiger partial charge in [-0.15, -0.1) is 5.10 Å². The number of rotatable bonds is 25. The van der Waals surface area contributed by atoms with E-state index in [1.165, 1.54) is 23.0 Å². The van der Waals surface area contributed by atoms with Crippen LogP contribution in [-0.2, 0) is 47.4 Å². The molecular formula is C45H51BF6N7O10S2-. The van der Waals surface area contributed by atoms with Crippen LogP contribution in [0.2, 0.25) is 0 Å². The number of ether oxygens (including phenoxy) is 3. The number of hydrogen-bond acceptors (Lipinski definition) is 13. The number of carbonyl (C=O) groups excluding carboxylic acids is 1. The SMILES string of the molecule is CCN(CC)c1ccc2c(-c3ccc(S(=O)(=O)NCCOCCOCCOCCn4cc(CNC(=O)c5c(F)cc(F)c([B-](F)(F)F)c5F)nn4)cc3S(=O)(=O)[O-])c3ccc(=[N+](CC)CC)cc-3oc2c1. The fourth-order valence-electron chi connectivity index (χ4n) is 7.75. The smallest absolute Gasteiger partial charge is 0.515 e. The monoisotopic (exact) mass is 1040 g/mol. The number of aromatic nitrogens is 3. The van der Waals surface area contributed by atoms with Gasteiger partial charge in [-0.05, 0) is 63.5 Å². The highest BCUT2D eigenvalue weighted by Crippen LogP contribution is 2.43. The highest BCUT2D eigenvalue weighted by atomic mass is 32.2. The Balaban J connectivity index is 0.979. The third-order valence-corrected chi connectivity index (χ3v) is 13.6. The van der Waals surface area contributed by atoms with Crippen molar-refractivity contribution in [2.75, 3.05) is 77.3 Å². The first-order chi connectivity index (χ1) is 33.7. The second-order valence-electron chi connectivity index (χ2n) is 15.7. The molecule has 0 spiro atoms. The van der Waals surface area contributed by atoms with Crippen molar-refractivity contribution in [2.24, 2.45) is 0 Å². The topological polar surface area (TPSA) is 210 Å². The summed E-state index contributed by atoms with van der Waals surface area (Å²) in [6.45, 7) is 4.82. The number of amides is 1. The molecule has 384 valence electrons. The van der Waals surface area contributed by atoms with E-state index in [9.17, 15) is 52.3 Å². The van der Waals surface area contributed by atoms with Crippen LogP contribution in [0.25, 0.3) is 33.4 Å². The molecule has 0 bridgehead atoms. The highest BCUT2D eigenvalue weighted by Gasteiger charge is 2.36. The van der Waals surface area contributed by atoms with E-state index in [2.05, 4.69) is 24.5 Å². The number of benzene rings is 4. The summed E-state index contributed by atoms with van der Waals surface area (Å²) in [6, 6.07) is 14.3. The molecule has 0 unspecified atom stereocenters. The van der Waals surface area contributed by atoms with Crippen LogP contribution in [0, 0.1) is 17.5 Å². The fraction of sp³-hybridized carbons (Fsp3) is 0.378. The second kappa shape index (κ2) is 23.6. The molecule has 6 rings (SSSR count). The summed E-state index contributed by atoms with van der Waals surface area (Å²) in [5, 5.41) is 11.0. The van der Waals surface area contributed by atoms with Crippen molar-refractivity contribution in [3.05, 3.63) is 101 Å². The second-order valence-corrected chi connectivity index (χ2v) is 18.8. The minimum Gasteiger partial charge on any atom is -0.744 e. The average molecular weight is 1040 g/mol. The zero-order chi connectivity index (χ0) is 51.7. The van der Waals surface area contributed by atoms with Gasteiger partial charge >= 0.3 is 6.98 Å². The highest BCUT2D eigenvalue weighted by molar-refractivity contribution is 7.89. The lowest BCUT2D eigenvalue weighted by Gasteiger charge is -2.23. The van der Waals surface area contributed by atoms with Crippen LogP contribution >= 0.6 is 0 Å². The van der Waals surface area contributed by atoms with E-state index in [1.54, 1.807) is 12.1 Å². The molecule has 0 saturated heterocycles. The van der Waals surface area contributed by atoms with Crippen molar-refractivity contribution in [1.82, 2.24) is 29.6 Å². The first-order valence-corrected chi connectivity index (χ1v) is 25.3. The van der Waals surface area contributed by atoms with Gasteiger partial charge in [-0.25, -0.2) is 44.0 Å². The molecule has 17 nitrogen and oxygen atoms in total. The summed E-state index contributed by atoms with van der Waals surface area (Å²) >= 11 is 0. The van der Waals surface area contributed by atoms with Crippen LogP contribution < -0.4 is 30.3 Å². The number of sulfonamides is 1. The normalized spacial score (nSPS) is 12.3. The molecule has 0 radical (unpaired) electrons. The summed E-state index contributed by atoms with van der Waals surface area (Å²) in [5.74, 6) is -7.45. The van der Waals surface area contributed by atoms with Crippen molar-refractivity contribution in [1.29, 1.82) is 0 Å². The standard InChI is InChI=1S/C45H52BF6N7O10S2/c1-5-57(6-2)30-9-12-33-38(23-30)69-39-24-31(58(7-3)8-4)10-13-34(39)41(33)35-14-11-32(25-40(35)71(63,64)65)70(61,62)54-15-17-66-19-21-68-22-20-67-18-16-59-28-29(55-56-59)27-53-45(60)42-36(47)26-37(48)43(44(42)49)46(50,51)52/h9-14,23-26,28,54H,5-8,15-22,27H2,1-4H3,(H,53,60)(H,63,64,65)/p-1. The zero-order valence-corrected chi connectivity index (χ0v) is 40.7.